The minimum Gasteiger partial charge on any atom is -0.396 e. The van der Waals surface area contributed by atoms with Crippen LogP contribution in [0, 0.1) is 17.6 Å². The van der Waals surface area contributed by atoms with E-state index in [0.29, 0.717) is 30.8 Å². The second-order valence-corrected chi connectivity index (χ2v) is 6.21. The Bertz CT molecular complexity index is 742. The molecule has 3 rings (SSSR count). The summed E-state index contributed by atoms with van der Waals surface area (Å²) in [5, 5.41) is 12.5. The van der Waals surface area contributed by atoms with Crippen molar-refractivity contribution in [3.63, 3.8) is 0 Å². The van der Waals surface area contributed by atoms with E-state index in [9.17, 15) is 18.7 Å². The summed E-state index contributed by atoms with van der Waals surface area (Å²) in [7, 11) is 0. The number of benzene rings is 1. The molecule has 0 radical (unpaired) electrons. The maximum absolute atomic E-state index is 13.3. The average Bonchev–Trinajstić information content (AvgIpc) is 3.00. The predicted molar refractivity (Wildman–Crippen MR) is 87.7 cm³/mol. The number of hydrogen-bond donors (Lipinski definition) is 2. The molecule has 132 valence electrons. The molecule has 1 aliphatic rings. The molecule has 0 spiro atoms. The number of nitrogens with one attached hydrogen (secondary N) is 1. The summed E-state index contributed by atoms with van der Waals surface area (Å²) in [5.41, 5.74) is 1.10. The minimum atomic E-state index is -0.878. The summed E-state index contributed by atoms with van der Waals surface area (Å²) in [6, 6.07) is 6.94. The first-order valence-electron chi connectivity index (χ1n) is 8.05. The van der Waals surface area contributed by atoms with Gasteiger partial charge in [-0.05, 0) is 29.8 Å². The van der Waals surface area contributed by atoms with Crippen molar-refractivity contribution in [1.29, 1.82) is 0 Å². The van der Waals surface area contributed by atoms with Gasteiger partial charge in [-0.3, -0.25) is 14.7 Å². The molecule has 2 heterocycles. The molecule has 0 unspecified atom stereocenters. The molecule has 5 nitrogen and oxygen atoms in total. The van der Waals surface area contributed by atoms with Crippen molar-refractivity contribution in [3.8, 4) is 0 Å². The van der Waals surface area contributed by atoms with E-state index in [4.69, 9.17) is 0 Å². The summed E-state index contributed by atoms with van der Waals surface area (Å²) in [6.45, 7) is 1.45. The van der Waals surface area contributed by atoms with Crippen LogP contribution in [0.15, 0.2) is 42.7 Å². The highest BCUT2D eigenvalue weighted by molar-refractivity contribution is 5.94. The molecular formula is C18H19F2N3O2. The Hall–Kier alpha value is -2.38. The molecule has 1 aromatic carbocycles. The van der Waals surface area contributed by atoms with E-state index in [0.717, 1.165) is 6.07 Å². The highest BCUT2D eigenvalue weighted by Crippen LogP contribution is 2.20. The number of amides is 1. The molecule has 1 fully saturated rings. The van der Waals surface area contributed by atoms with Crippen molar-refractivity contribution in [1.82, 2.24) is 15.2 Å². The van der Waals surface area contributed by atoms with E-state index in [1.54, 1.807) is 18.3 Å². The fraction of sp³-hybridized carbons (Fsp3) is 0.333. The third kappa shape index (κ3) is 4.18. The largest absolute Gasteiger partial charge is 0.396 e. The Balaban J connectivity index is 1.63. The number of nitrogens with zero attached hydrogens (tertiary/aromatic N) is 2. The number of aliphatic hydroxyl groups excluding tert-OH is 1. The number of pyridine rings is 1. The summed E-state index contributed by atoms with van der Waals surface area (Å²) in [4.78, 5) is 18.2. The Labute approximate surface area is 144 Å². The van der Waals surface area contributed by atoms with E-state index < -0.39 is 11.6 Å². The number of aliphatic hydroxyl groups is 1. The van der Waals surface area contributed by atoms with E-state index in [-0.39, 0.29) is 24.5 Å². The first-order chi connectivity index (χ1) is 12.1. The van der Waals surface area contributed by atoms with Gasteiger partial charge in [-0.1, -0.05) is 6.07 Å². The van der Waals surface area contributed by atoms with E-state index >= 15 is 0 Å². The lowest BCUT2D eigenvalue weighted by Crippen LogP contribution is -2.41. The first kappa shape index (κ1) is 17.4. The van der Waals surface area contributed by atoms with Crippen molar-refractivity contribution in [3.05, 3.63) is 65.5 Å². The molecule has 1 aromatic heterocycles. The average molecular weight is 347 g/mol. The molecule has 0 bridgehead atoms. The molecular weight excluding hydrogens is 328 g/mol. The molecule has 0 saturated carbocycles. The van der Waals surface area contributed by atoms with Gasteiger partial charge in [-0.25, -0.2) is 8.78 Å². The summed E-state index contributed by atoms with van der Waals surface area (Å²) in [5.74, 6) is -2.12. The monoisotopic (exact) mass is 347 g/mol. The molecule has 7 heteroatoms. The second kappa shape index (κ2) is 7.67. The number of carbonyl (C=O) groups is 1. The summed E-state index contributed by atoms with van der Waals surface area (Å²) >= 11 is 0. The maximum atomic E-state index is 13.3. The normalized spacial score (nSPS) is 20.6. The zero-order valence-electron chi connectivity index (χ0n) is 13.5. The number of aromatic nitrogens is 1. The van der Waals surface area contributed by atoms with Crippen LogP contribution < -0.4 is 5.32 Å². The Kier molecular flexibility index (Phi) is 5.35. The number of hydrogen-bond acceptors (Lipinski definition) is 4. The third-order valence-electron chi connectivity index (χ3n) is 4.38. The van der Waals surface area contributed by atoms with Crippen LogP contribution in [0.5, 0.6) is 0 Å². The van der Waals surface area contributed by atoms with Gasteiger partial charge in [0.25, 0.3) is 5.91 Å². The van der Waals surface area contributed by atoms with Crippen LogP contribution in [0.4, 0.5) is 8.78 Å². The van der Waals surface area contributed by atoms with Gasteiger partial charge < -0.3 is 10.4 Å². The van der Waals surface area contributed by atoms with Crippen LogP contribution in [0.1, 0.15) is 15.9 Å². The molecule has 25 heavy (non-hydrogen) atoms. The maximum Gasteiger partial charge on any atom is 0.253 e. The van der Waals surface area contributed by atoms with Gasteiger partial charge in [-0.15, -0.1) is 0 Å². The van der Waals surface area contributed by atoms with E-state index in [1.807, 2.05) is 4.90 Å². The summed E-state index contributed by atoms with van der Waals surface area (Å²) in [6.07, 6.45) is 3.07. The van der Waals surface area contributed by atoms with Crippen LogP contribution >= 0.6 is 0 Å². The van der Waals surface area contributed by atoms with Crippen molar-refractivity contribution >= 4 is 5.91 Å². The van der Waals surface area contributed by atoms with Gasteiger partial charge in [0.15, 0.2) is 11.6 Å². The first-order valence-corrected chi connectivity index (χ1v) is 8.05. The Morgan fingerprint density at radius 1 is 1.28 bits per heavy atom. The molecule has 0 aliphatic carbocycles. The molecule has 1 saturated heterocycles. The van der Waals surface area contributed by atoms with Crippen molar-refractivity contribution in [2.24, 2.45) is 5.92 Å². The van der Waals surface area contributed by atoms with Crippen LogP contribution in [0.2, 0.25) is 0 Å². The van der Waals surface area contributed by atoms with Crippen molar-refractivity contribution < 1.29 is 18.7 Å². The Morgan fingerprint density at radius 2 is 2.12 bits per heavy atom. The predicted octanol–water partition coefficient (Wildman–Crippen LogP) is 1.58. The summed E-state index contributed by atoms with van der Waals surface area (Å²) < 4.78 is 26.4. The van der Waals surface area contributed by atoms with Gasteiger partial charge in [0.2, 0.25) is 0 Å². The quantitative estimate of drug-likeness (QED) is 0.862. The van der Waals surface area contributed by atoms with E-state index in [1.165, 1.54) is 18.3 Å². The van der Waals surface area contributed by atoms with E-state index in [2.05, 4.69) is 10.3 Å². The number of carbonyl (C=O) groups excluding carboxylic acids is 1. The number of likely N-dealkylation sites (tertiary alicyclic amines) is 1. The van der Waals surface area contributed by atoms with Crippen molar-refractivity contribution in [2.45, 2.75) is 12.6 Å². The standard InChI is InChI=1S/C18H19F2N3O2/c19-15-4-3-12(6-16(15)20)8-23-9-14(11-24)17(10-23)22-18(25)13-2-1-5-21-7-13/h1-7,14,17,24H,8-11H2,(H,22,25)/t14-,17+/m0/s1. The fourth-order valence-electron chi connectivity index (χ4n) is 3.08. The van der Waals surface area contributed by atoms with Crippen LogP contribution in [0.25, 0.3) is 0 Å². The smallest absolute Gasteiger partial charge is 0.253 e. The number of rotatable bonds is 5. The SMILES string of the molecule is O=C(N[C@@H]1CN(Cc2ccc(F)c(F)c2)C[C@H]1CO)c1cccnc1. The van der Waals surface area contributed by atoms with Crippen LogP contribution in [-0.2, 0) is 6.54 Å². The zero-order chi connectivity index (χ0) is 17.8. The molecule has 2 atom stereocenters. The lowest BCUT2D eigenvalue weighted by atomic mass is 10.0. The van der Waals surface area contributed by atoms with Crippen LogP contribution in [-0.4, -0.2) is 46.6 Å². The lowest BCUT2D eigenvalue weighted by molar-refractivity contribution is 0.0920. The van der Waals surface area contributed by atoms with Gasteiger partial charge in [0, 0.05) is 50.6 Å². The van der Waals surface area contributed by atoms with Gasteiger partial charge in [-0.2, -0.15) is 0 Å². The fourth-order valence-corrected chi connectivity index (χ4v) is 3.08. The number of halogens is 2. The highest BCUT2D eigenvalue weighted by Gasteiger charge is 2.33. The lowest BCUT2D eigenvalue weighted by Gasteiger charge is -2.18. The highest BCUT2D eigenvalue weighted by atomic mass is 19.2. The topological polar surface area (TPSA) is 65.5 Å². The molecule has 2 aromatic rings. The van der Waals surface area contributed by atoms with Crippen LogP contribution in [0.3, 0.4) is 0 Å². The van der Waals surface area contributed by atoms with Crippen molar-refractivity contribution in [2.75, 3.05) is 19.7 Å². The molecule has 1 aliphatic heterocycles. The minimum absolute atomic E-state index is 0.0632. The van der Waals surface area contributed by atoms with Gasteiger partial charge in [0.05, 0.1) is 5.56 Å². The molecule has 2 N–H and O–H groups in total. The second-order valence-electron chi connectivity index (χ2n) is 6.21. The Morgan fingerprint density at radius 3 is 2.80 bits per heavy atom. The zero-order valence-corrected chi connectivity index (χ0v) is 13.5. The third-order valence-corrected chi connectivity index (χ3v) is 4.38. The van der Waals surface area contributed by atoms with Gasteiger partial charge >= 0.3 is 0 Å². The molecule has 1 amide bonds. The van der Waals surface area contributed by atoms with Gasteiger partial charge in [0.1, 0.15) is 0 Å².